The standard InChI is InChI=1S/C16H18N2O3S/c19-15(16(20)5-7-22-8-6-16)17-11-3-4-12-13(9-11)21-14(18-12)10-1-2-10/h3-4,9-10,20H,1-2,5-8H2,(H,17,19). The molecule has 1 amide bonds. The molecular weight excluding hydrogens is 300 g/mol. The van der Waals surface area contributed by atoms with Crippen LogP contribution in [-0.2, 0) is 4.79 Å². The minimum absolute atomic E-state index is 0.325. The fraction of sp³-hybridized carbons (Fsp3) is 0.500. The van der Waals surface area contributed by atoms with Crippen LogP contribution in [0.15, 0.2) is 22.6 Å². The summed E-state index contributed by atoms with van der Waals surface area (Å²) in [7, 11) is 0. The second-order valence-corrected chi connectivity index (χ2v) is 7.33. The predicted molar refractivity (Wildman–Crippen MR) is 86.1 cm³/mol. The van der Waals surface area contributed by atoms with Gasteiger partial charge in [0, 0.05) is 17.7 Å². The molecule has 6 heteroatoms. The summed E-state index contributed by atoms with van der Waals surface area (Å²) in [6.45, 7) is 0. The quantitative estimate of drug-likeness (QED) is 0.910. The molecule has 4 rings (SSSR count). The van der Waals surface area contributed by atoms with E-state index < -0.39 is 5.60 Å². The van der Waals surface area contributed by atoms with Gasteiger partial charge in [-0.05, 0) is 49.3 Å². The fourth-order valence-electron chi connectivity index (χ4n) is 2.71. The molecule has 1 aromatic heterocycles. The van der Waals surface area contributed by atoms with Gasteiger partial charge in [0.1, 0.15) is 11.1 Å². The Hall–Kier alpha value is -1.53. The van der Waals surface area contributed by atoms with Crippen LogP contribution in [0.3, 0.4) is 0 Å². The Morgan fingerprint density at radius 2 is 2.14 bits per heavy atom. The lowest BCUT2D eigenvalue weighted by atomic mass is 9.95. The van der Waals surface area contributed by atoms with Crippen LogP contribution in [0, 0.1) is 0 Å². The van der Waals surface area contributed by atoms with E-state index in [2.05, 4.69) is 10.3 Å². The maximum Gasteiger partial charge on any atom is 0.256 e. The van der Waals surface area contributed by atoms with Gasteiger partial charge in [-0.25, -0.2) is 4.98 Å². The maximum atomic E-state index is 12.3. The largest absolute Gasteiger partial charge is 0.440 e. The molecular formula is C16H18N2O3S. The van der Waals surface area contributed by atoms with Crippen molar-refractivity contribution in [2.75, 3.05) is 16.8 Å². The third kappa shape index (κ3) is 2.61. The van der Waals surface area contributed by atoms with E-state index in [-0.39, 0.29) is 5.91 Å². The van der Waals surface area contributed by atoms with E-state index in [1.54, 1.807) is 23.9 Å². The van der Waals surface area contributed by atoms with Crippen molar-refractivity contribution in [1.82, 2.24) is 4.98 Å². The number of nitrogens with zero attached hydrogens (tertiary/aromatic N) is 1. The van der Waals surface area contributed by atoms with Crippen LogP contribution in [-0.4, -0.2) is 33.1 Å². The molecule has 2 aromatic rings. The molecule has 0 bridgehead atoms. The molecule has 2 heterocycles. The second kappa shape index (κ2) is 5.28. The molecule has 1 aliphatic carbocycles. The topological polar surface area (TPSA) is 75.4 Å². The molecule has 0 atom stereocenters. The van der Waals surface area contributed by atoms with Crippen molar-refractivity contribution in [3.63, 3.8) is 0 Å². The lowest BCUT2D eigenvalue weighted by molar-refractivity contribution is -0.134. The van der Waals surface area contributed by atoms with Crippen LogP contribution in [0.5, 0.6) is 0 Å². The minimum Gasteiger partial charge on any atom is -0.440 e. The summed E-state index contributed by atoms with van der Waals surface area (Å²) in [6.07, 6.45) is 3.28. The summed E-state index contributed by atoms with van der Waals surface area (Å²) in [5, 5.41) is 13.3. The van der Waals surface area contributed by atoms with Crippen molar-refractivity contribution in [2.24, 2.45) is 0 Å². The van der Waals surface area contributed by atoms with E-state index in [9.17, 15) is 9.90 Å². The highest BCUT2D eigenvalue weighted by molar-refractivity contribution is 7.99. The summed E-state index contributed by atoms with van der Waals surface area (Å²) in [6, 6.07) is 5.44. The maximum absolute atomic E-state index is 12.3. The van der Waals surface area contributed by atoms with Gasteiger partial charge < -0.3 is 14.8 Å². The highest BCUT2D eigenvalue weighted by atomic mass is 32.2. The Bertz CT molecular complexity index is 717. The van der Waals surface area contributed by atoms with Crippen molar-refractivity contribution in [3.8, 4) is 0 Å². The highest BCUT2D eigenvalue weighted by Gasteiger charge is 2.37. The van der Waals surface area contributed by atoms with Crippen molar-refractivity contribution in [1.29, 1.82) is 0 Å². The number of carbonyl (C=O) groups excluding carboxylic acids is 1. The fourth-order valence-corrected chi connectivity index (χ4v) is 3.88. The van der Waals surface area contributed by atoms with E-state index in [1.807, 2.05) is 6.07 Å². The first-order valence-corrected chi connectivity index (χ1v) is 8.82. The van der Waals surface area contributed by atoms with Crippen molar-refractivity contribution >= 4 is 34.5 Å². The number of aromatic nitrogens is 1. The molecule has 1 saturated carbocycles. The third-order valence-electron chi connectivity index (χ3n) is 4.33. The number of rotatable bonds is 3. The molecule has 0 spiro atoms. The monoisotopic (exact) mass is 318 g/mol. The zero-order valence-corrected chi connectivity index (χ0v) is 13.0. The van der Waals surface area contributed by atoms with Crippen LogP contribution in [0.25, 0.3) is 11.1 Å². The molecule has 1 aromatic carbocycles. The smallest absolute Gasteiger partial charge is 0.256 e. The first-order chi connectivity index (χ1) is 10.6. The van der Waals surface area contributed by atoms with Crippen LogP contribution < -0.4 is 5.32 Å². The van der Waals surface area contributed by atoms with E-state index >= 15 is 0 Å². The predicted octanol–water partition coefficient (Wildman–Crippen LogP) is 2.90. The number of carbonyl (C=O) groups is 1. The van der Waals surface area contributed by atoms with E-state index in [0.717, 1.165) is 35.8 Å². The highest BCUT2D eigenvalue weighted by Crippen LogP contribution is 2.40. The molecule has 0 unspecified atom stereocenters. The zero-order valence-electron chi connectivity index (χ0n) is 12.2. The van der Waals surface area contributed by atoms with Crippen LogP contribution >= 0.6 is 11.8 Å². The van der Waals surface area contributed by atoms with Gasteiger partial charge in [0.15, 0.2) is 11.5 Å². The van der Waals surface area contributed by atoms with Crippen molar-refractivity contribution in [3.05, 3.63) is 24.1 Å². The van der Waals surface area contributed by atoms with Crippen molar-refractivity contribution in [2.45, 2.75) is 37.2 Å². The number of hydrogen-bond acceptors (Lipinski definition) is 5. The molecule has 1 aliphatic heterocycles. The lowest BCUT2D eigenvalue weighted by Gasteiger charge is -2.30. The SMILES string of the molecule is O=C(Nc1ccc2nc(C3CC3)oc2c1)C1(O)CCSCC1. The van der Waals surface area contributed by atoms with Gasteiger partial charge in [-0.2, -0.15) is 11.8 Å². The number of amides is 1. The normalized spacial score (nSPS) is 21.0. The number of anilines is 1. The number of benzene rings is 1. The Kier molecular flexibility index (Phi) is 3.38. The third-order valence-corrected chi connectivity index (χ3v) is 5.32. The average Bonchev–Trinajstić information content (AvgIpc) is 3.28. The van der Waals surface area contributed by atoms with Gasteiger partial charge in [0.2, 0.25) is 0 Å². The Labute approximate surface area is 132 Å². The van der Waals surface area contributed by atoms with Crippen molar-refractivity contribution < 1.29 is 14.3 Å². The molecule has 2 fully saturated rings. The Morgan fingerprint density at radius 3 is 2.86 bits per heavy atom. The summed E-state index contributed by atoms with van der Waals surface area (Å²) >= 11 is 1.77. The zero-order chi connectivity index (χ0) is 15.2. The average molecular weight is 318 g/mol. The number of thioether (sulfide) groups is 1. The van der Waals surface area contributed by atoms with Gasteiger partial charge in [-0.1, -0.05) is 0 Å². The molecule has 116 valence electrons. The number of fused-ring (bicyclic) bond motifs is 1. The molecule has 2 aliphatic rings. The van der Waals surface area contributed by atoms with Gasteiger partial charge in [0.05, 0.1) is 0 Å². The molecule has 1 saturated heterocycles. The first kappa shape index (κ1) is 14.1. The second-order valence-electron chi connectivity index (χ2n) is 6.11. The number of hydrogen-bond donors (Lipinski definition) is 2. The summed E-state index contributed by atoms with van der Waals surface area (Å²) < 4.78 is 5.76. The summed E-state index contributed by atoms with van der Waals surface area (Å²) in [4.78, 5) is 16.8. The van der Waals surface area contributed by atoms with E-state index in [0.29, 0.717) is 30.0 Å². The number of oxazole rings is 1. The van der Waals surface area contributed by atoms with E-state index in [4.69, 9.17) is 4.42 Å². The van der Waals surface area contributed by atoms with Gasteiger partial charge in [-0.15, -0.1) is 0 Å². The summed E-state index contributed by atoms with van der Waals surface area (Å²) in [5.41, 5.74) is 0.891. The van der Waals surface area contributed by atoms with Crippen LogP contribution in [0.1, 0.15) is 37.5 Å². The van der Waals surface area contributed by atoms with E-state index in [1.165, 1.54) is 0 Å². The number of nitrogens with one attached hydrogen (secondary N) is 1. The Morgan fingerprint density at radius 1 is 1.36 bits per heavy atom. The van der Waals surface area contributed by atoms with Gasteiger partial charge >= 0.3 is 0 Å². The molecule has 22 heavy (non-hydrogen) atoms. The van der Waals surface area contributed by atoms with Crippen LogP contribution in [0.4, 0.5) is 5.69 Å². The first-order valence-electron chi connectivity index (χ1n) is 7.66. The molecule has 2 N–H and O–H groups in total. The Balaban J connectivity index is 1.54. The van der Waals surface area contributed by atoms with Gasteiger partial charge in [-0.3, -0.25) is 4.79 Å². The minimum atomic E-state index is -1.25. The van der Waals surface area contributed by atoms with Crippen LogP contribution in [0.2, 0.25) is 0 Å². The van der Waals surface area contributed by atoms with Gasteiger partial charge in [0.25, 0.3) is 5.91 Å². The summed E-state index contributed by atoms with van der Waals surface area (Å²) in [5.74, 6) is 2.56. The molecule has 0 radical (unpaired) electrons. The number of aliphatic hydroxyl groups is 1. The molecule has 5 nitrogen and oxygen atoms in total. The lowest BCUT2D eigenvalue weighted by Crippen LogP contribution is -2.45.